The topological polar surface area (TPSA) is 85.5 Å². The molecule has 1 N–H and O–H groups in total. The third-order valence-electron chi connectivity index (χ3n) is 2.37. The number of thiophene rings is 1. The first-order chi connectivity index (χ1) is 9.10. The molecule has 0 aliphatic carbocycles. The van der Waals surface area contributed by atoms with E-state index in [1.165, 1.54) is 11.3 Å². The Bertz CT molecular complexity index is 576. The predicted molar refractivity (Wildman–Crippen MR) is 68.6 cm³/mol. The van der Waals surface area contributed by atoms with Crippen LogP contribution < -0.4 is 4.74 Å². The number of carbonyl (C=O) groups is 1. The molecule has 102 valence electrons. The molecular formula is C12H14N2O4S. The summed E-state index contributed by atoms with van der Waals surface area (Å²) in [4.78, 5) is 16.3. The van der Waals surface area contributed by atoms with Crippen LogP contribution in [0.3, 0.4) is 0 Å². The molecule has 7 heteroatoms. The van der Waals surface area contributed by atoms with Crippen LogP contribution in [0, 0.1) is 6.92 Å². The molecule has 6 nitrogen and oxygen atoms in total. The van der Waals surface area contributed by atoms with Crippen molar-refractivity contribution in [3.8, 4) is 5.75 Å². The Hall–Kier alpha value is -1.89. The van der Waals surface area contributed by atoms with Crippen LogP contribution in [0.15, 0.2) is 10.6 Å². The van der Waals surface area contributed by atoms with Gasteiger partial charge in [-0.3, -0.25) is 0 Å². The fourth-order valence-electron chi connectivity index (χ4n) is 1.59. The van der Waals surface area contributed by atoms with Gasteiger partial charge in [-0.05, 0) is 12.5 Å². The fourth-order valence-corrected chi connectivity index (χ4v) is 2.63. The maximum absolute atomic E-state index is 11.1. The third-order valence-corrected chi connectivity index (χ3v) is 3.53. The minimum Gasteiger partial charge on any atom is -0.484 e. The summed E-state index contributed by atoms with van der Waals surface area (Å²) < 4.78 is 10.3. The van der Waals surface area contributed by atoms with Crippen molar-refractivity contribution in [3.63, 3.8) is 0 Å². The van der Waals surface area contributed by atoms with Gasteiger partial charge in [0.25, 0.3) is 0 Å². The molecule has 0 atom stereocenters. The van der Waals surface area contributed by atoms with E-state index in [-0.39, 0.29) is 11.5 Å². The number of rotatable bonds is 6. The Kier molecular flexibility index (Phi) is 4.16. The third kappa shape index (κ3) is 3.31. The second kappa shape index (κ2) is 5.83. The van der Waals surface area contributed by atoms with Crippen molar-refractivity contribution < 1.29 is 19.2 Å². The summed E-state index contributed by atoms with van der Waals surface area (Å²) in [5.74, 6) is 0.237. The first-order valence-electron chi connectivity index (χ1n) is 5.88. The lowest BCUT2D eigenvalue weighted by Crippen LogP contribution is -2.01. The molecule has 0 aromatic carbocycles. The highest BCUT2D eigenvalue weighted by Gasteiger charge is 2.17. The van der Waals surface area contributed by atoms with E-state index < -0.39 is 5.97 Å². The first-order valence-corrected chi connectivity index (χ1v) is 6.69. The van der Waals surface area contributed by atoms with Crippen molar-refractivity contribution in [2.45, 2.75) is 33.3 Å². The van der Waals surface area contributed by atoms with Gasteiger partial charge in [0.15, 0.2) is 11.5 Å². The van der Waals surface area contributed by atoms with E-state index in [1.807, 2.05) is 6.92 Å². The maximum atomic E-state index is 11.1. The zero-order valence-corrected chi connectivity index (χ0v) is 11.5. The van der Waals surface area contributed by atoms with Gasteiger partial charge in [-0.25, -0.2) is 4.79 Å². The number of aryl methyl sites for hydroxylation is 2. The molecule has 0 spiro atoms. The quantitative estimate of drug-likeness (QED) is 0.876. The summed E-state index contributed by atoms with van der Waals surface area (Å²) in [6, 6.07) is 1.77. The van der Waals surface area contributed by atoms with Gasteiger partial charge in [0.05, 0.1) is 0 Å². The molecule has 0 amide bonds. The molecule has 2 heterocycles. The maximum Gasteiger partial charge on any atom is 0.349 e. The van der Waals surface area contributed by atoms with Crippen LogP contribution in [0.4, 0.5) is 0 Å². The van der Waals surface area contributed by atoms with E-state index >= 15 is 0 Å². The molecule has 0 bridgehead atoms. The standard InChI is InChI=1S/C12H14N2O4S/c1-3-4-8-5-9(11(19-8)12(15)16)17-6-10-13-7(2)18-14-10/h5H,3-4,6H2,1-2H3,(H,15,16). The summed E-state index contributed by atoms with van der Waals surface area (Å²) in [7, 11) is 0. The molecule has 2 rings (SSSR count). The zero-order chi connectivity index (χ0) is 13.8. The molecule has 0 saturated carbocycles. The minimum absolute atomic E-state index is 0.0971. The van der Waals surface area contributed by atoms with Crippen molar-refractivity contribution in [2.24, 2.45) is 0 Å². The lowest BCUT2D eigenvalue weighted by Gasteiger charge is -2.01. The molecule has 0 radical (unpaired) electrons. The second-order valence-electron chi connectivity index (χ2n) is 3.98. The average molecular weight is 282 g/mol. The monoisotopic (exact) mass is 282 g/mol. The predicted octanol–water partition coefficient (Wildman–Crippen LogP) is 2.67. The summed E-state index contributed by atoms with van der Waals surface area (Å²) in [6.45, 7) is 3.83. The Morgan fingerprint density at radius 3 is 2.95 bits per heavy atom. The molecule has 0 saturated heterocycles. The average Bonchev–Trinajstić information content (AvgIpc) is 2.93. The van der Waals surface area contributed by atoms with E-state index in [4.69, 9.17) is 14.4 Å². The summed E-state index contributed by atoms with van der Waals surface area (Å²) in [6.07, 6.45) is 1.80. The number of aromatic carboxylic acids is 1. The molecular weight excluding hydrogens is 268 g/mol. The van der Waals surface area contributed by atoms with Crippen LogP contribution in [0.1, 0.15) is 39.6 Å². The first kappa shape index (κ1) is 13.5. The van der Waals surface area contributed by atoms with Crippen LogP contribution in [0.5, 0.6) is 5.75 Å². The molecule has 0 fully saturated rings. The number of nitrogens with zero attached hydrogens (tertiary/aromatic N) is 2. The zero-order valence-electron chi connectivity index (χ0n) is 10.7. The summed E-state index contributed by atoms with van der Waals surface area (Å²) in [5, 5.41) is 12.8. The van der Waals surface area contributed by atoms with E-state index in [9.17, 15) is 4.79 Å². The Balaban J connectivity index is 2.11. The highest BCUT2D eigenvalue weighted by atomic mass is 32.1. The lowest BCUT2D eigenvalue weighted by molar-refractivity contribution is 0.0697. The van der Waals surface area contributed by atoms with Crippen LogP contribution in [-0.4, -0.2) is 21.2 Å². The Morgan fingerprint density at radius 2 is 2.37 bits per heavy atom. The number of aromatic nitrogens is 2. The van der Waals surface area contributed by atoms with Crippen molar-refractivity contribution in [3.05, 3.63) is 27.5 Å². The van der Waals surface area contributed by atoms with Crippen LogP contribution in [0.25, 0.3) is 0 Å². The highest BCUT2D eigenvalue weighted by molar-refractivity contribution is 7.14. The number of ether oxygens (including phenoxy) is 1. The smallest absolute Gasteiger partial charge is 0.349 e. The van der Waals surface area contributed by atoms with Gasteiger partial charge in [0.2, 0.25) is 11.7 Å². The number of carboxylic acids is 1. The van der Waals surface area contributed by atoms with E-state index in [0.717, 1.165) is 17.7 Å². The lowest BCUT2D eigenvalue weighted by atomic mass is 10.3. The number of hydrogen-bond acceptors (Lipinski definition) is 6. The van der Waals surface area contributed by atoms with Gasteiger partial charge in [0.1, 0.15) is 5.75 Å². The SMILES string of the molecule is CCCc1cc(OCc2noc(C)n2)c(C(=O)O)s1. The number of carboxylic acid groups (broad SMARTS) is 1. The van der Waals surface area contributed by atoms with Gasteiger partial charge in [-0.1, -0.05) is 18.5 Å². The fraction of sp³-hybridized carbons (Fsp3) is 0.417. The molecule has 0 unspecified atom stereocenters. The molecule has 2 aromatic rings. The molecule has 0 aliphatic rings. The van der Waals surface area contributed by atoms with Gasteiger partial charge in [0, 0.05) is 11.8 Å². The van der Waals surface area contributed by atoms with Gasteiger partial charge >= 0.3 is 5.97 Å². The second-order valence-corrected chi connectivity index (χ2v) is 5.12. The van der Waals surface area contributed by atoms with Gasteiger partial charge in [-0.15, -0.1) is 11.3 Å². The van der Waals surface area contributed by atoms with E-state index in [1.54, 1.807) is 13.0 Å². The van der Waals surface area contributed by atoms with Crippen LogP contribution in [0.2, 0.25) is 0 Å². The molecule has 2 aromatic heterocycles. The molecule has 19 heavy (non-hydrogen) atoms. The van der Waals surface area contributed by atoms with E-state index in [0.29, 0.717) is 17.5 Å². The largest absolute Gasteiger partial charge is 0.484 e. The van der Waals surface area contributed by atoms with Crippen molar-refractivity contribution in [1.82, 2.24) is 10.1 Å². The van der Waals surface area contributed by atoms with Crippen LogP contribution >= 0.6 is 11.3 Å². The van der Waals surface area contributed by atoms with Crippen molar-refractivity contribution >= 4 is 17.3 Å². The van der Waals surface area contributed by atoms with Gasteiger partial charge in [-0.2, -0.15) is 4.98 Å². The van der Waals surface area contributed by atoms with E-state index in [2.05, 4.69) is 10.1 Å². The van der Waals surface area contributed by atoms with Crippen LogP contribution in [-0.2, 0) is 13.0 Å². The van der Waals surface area contributed by atoms with Gasteiger partial charge < -0.3 is 14.4 Å². The summed E-state index contributed by atoms with van der Waals surface area (Å²) >= 11 is 1.24. The highest BCUT2D eigenvalue weighted by Crippen LogP contribution is 2.30. The Labute approximate surface area is 114 Å². The minimum atomic E-state index is -0.980. The Morgan fingerprint density at radius 1 is 1.58 bits per heavy atom. The molecule has 0 aliphatic heterocycles. The number of hydrogen-bond donors (Lipinski definition) is 1. The van der Waals surface area contributed by atoms with Crippen molar-refractivity contribution in [1.29, 1.82) is 0 Å². The van der Waals surface area contributed by atoms with Crippen molar-refractivity contribution in [2.75, 3.05) is 0 Å². The summed E-state index contributed by atoms with van der Waals surface area (Å²) in [5.41, 5.74) is 0. The normalized spacial score (nSPS) is 10.6.